The Morgan fingerprint density at radius 3 is 2.53 bits per heavy atom. The number of nitrogens with zero attached hydrogens (tertiary/aromatic N) is 3. The molecule has 2 aromatic heterocycles. The molecule has 7 heteroatoms. The van der Waals surface area contributed by atoms with Crippen LogP contribution in [-0.2, 0) is 0 Å². The summed E-state index contributed by atoms with van der Waals surface area (Å²) in [6, 6.07) is 15.1. The van der Waals surface area contributed by atoms with E-state index >= 15 is 0 Å². The summed E-state index contributed by atoms with van der Waals surface area (Å²) in [5.41, 5.74) is 3.36. The van der Waals surface area contributed by atoms with Gasteiger partial charge in [-0.05, 0) is 43.0 Å². The van der Waals surface area contributed by atoms with Crippen molar-refractivity contribution < 1.29 is 4.79 Å². The summed E-state index contributed by atoms with van der Waals surface area (Å²) >= 11 is 0. The zero-order valence-electron chi connectivity index (χ0n) is 17.0. The maximum Gasteiger partial charge on any atom is 0.251 e. The zero-order valence-corrected chi connectivity index (χ0v) is 17.0. The van der Waals surface area contributed by atoms with Crippen LogP contribution >= 0.6 is 0 Å². The summed E-state index contributed by atoms with van der Waals surface area (Å²) in [7, 11) is 0. The minimum absolute atomic E-state index is 0.130. The van der Waals surface area contributed by atoms with E-state index in [2.05, 4.69) is 44.3 Å². The molecule has 0 radical (unpaired) electrons. The first kappa shape index (κ1) is 18.5. The Labute approximate surface area is 174 Å². The first-order valence-electron chi connectivity index (χ1n) is 10.4. The van der Waals surface area contributed by atoms with E-state index in [0.717, 1.165) is 28.2 Å². The molecule has 30 heavy (non-hydrogen) atoms. The van der Waals surface area contributed by atoms with Crippen molar-refractivity contribution >= 4 is 16.9 Å². The second-order valence-electron chi connectivity index (χ2n) is 8.23. The highest BCUT2D eigenvalue weighted by molar-refractivity contribution is 5.94. The fraction of sp³-hybridized carbons (Fsp3) is 0.304. The average molecular weight is 400 g/mol. The van der Waals surface area contributed by atoms with Crippen molar-refractivity contribution in [1.29, 1.82) is 0 Å². The minimum Gasteiger partial charge on any atom is -0.342 e. The number of aromatic amines is 2. The molecule has 3 N–H and O–H groups in total. The van der Waals surface area contributed by atoms with Crippen molar-refractivity contribution in [3.8, 4) is 11.4 Å². The third-order valence-electron chi connectivity index (χ3n) is 5.53. The van der Waals surface area contributed by atoms with Gasteiger partial charge in [-0.1, -0.05) is 38.1 Å². The van der Waals surface area contributed by atoms with Gasteiger partial charge in [-0.15, -0.1) is 0 Å². The lowest BCUT2D eigenvalue weighted by Crippen LogP contribution is -2.32. The predicted octanol–water partition coefficient (Wildman–Crippen LogP) is 4.35. The van der Waals surface area contributed by atoms with E-state index in [-0.39, 0.29) is 17.9 Å². The van der Waals surface area contributed by atoms with Crippen molar-refractivity contribution in [1.82, 2.24) is 30.5 Å². The van der Waals surface area contributed by atoms with E-state index < -0.39 is 0 Å². The second kappa shape index (κ2) is 7.40. The van der Waals surface area contributed by atoms with Crippen molar-refractivity contribution in [2.45, 2.75) is 38.6 Å². The van der Waals surface area contributed by atoms with E-state index in [1.54, 1.807) is 0 Å². The van der Waals surface area contributed by atoms with Crippen LogP contribution in [0.1, 0.15) is 60.7 Å². The van der Waals surface area contributed by atoms with Gasteiger partial charge < -0.3 is 10.3 Å². The Bertz CT molecular complexity index is 1150. The Hall–Kier alpha value is -3.48. The molecule has 1 fully saturated rings. The molecule has 2 aromatic carbocycles. The number of hydrogen-bond acceptors (Lipinski definition) is 4. The van der Waals surface area contributed by atoms with Gasteiger partial charge in [0.15, 0.2) is 5.82 Å². The van der Waals surface area contributed by atoms with Gasteiger partial charge in [0.1, 0.15) is 11.6 Å². The van der Waals surface area contributed by atoms with Gasteiger partial charge in [0, 0.05) is 17.0 Å². The van der Waals surface area contributed by atoms with Crippen LogP contribution in [0.5, 0.6) is 0 Å². The summed E-state index contributed by atoms with van der Waals surface area (Å²) in [6.45, 7) is 4.14. The van der Waals surface area contributed by atoms with Gasteiger partial charge in [0.05, 0.1) is 17.1 Å². The Morgan fingerprint density at radius 2 is 1.83 bits per heavy atom. The summed E-state index contributed by atoms with van der Waals surface area (Å²) in [4.78, 5) is 25.5. The number of hydrogen-bond donors (Lipinski definition) is 3. The standard InChI is InChI=1S/C23H24N6O/c1-13(2)19(22-24-17-5-3-4-6-18(17)25-22)26-23(30)16-11-9-15(10-12-16)21-27-20(28-29-21)14-7-8-14/h3-6,9-14,19H,7-8H2,1-2H3,(H,24,25)(H,26,30)(H,27,28,29)/t19-/m1/s1. The van der Waals surface area contributed by atoms with Crippen LogP contribution in [0.4, 0.5) is 0 Å². The third-order valence-corrected chi connectivity index (χ3v) is 5.53. The molecule has 1 saturated carbocycles. The van der Waals surface area contributed by atoms with Gasteiger partial charge in [-0.3, -0.25) is 9.89 Å². The lowest BCUT2D eigenvalue weighted by molar-refractivity contribution is 0.0923. The Kier molecular flexibility index (Phi) is 4.58. The maximum atomic E-state index is 12.9. The molecular weight excluding hydrogens is 376 g/mol. The number of benzene rings is 2. The van der Waals surface area contributed by atoms with Gasteiger partial charge in [-0.25, -0.2) is 9.97 Å². The van der Waals surface area contributed by atoms with Gasteiger partial charge in [0.2, 0.25) is 0 Å². The molecule has 7 nitrogen and oxygen atoms in total. The van der Waals surface area contributed by atoms with Crippen LogP contribution in [0.25, 0.3) is 22.4 Å². The third kappa shape index (κ3) is 3.58. The van der Waals surface area contributed by atoms with E-state index in [9.17, 15) is 4.79 Å². The number of carbonyl (C=O) groups is 1. The molecule has 1 atom stereocenters. The lowest BCUT2D eigenvalue weighted by atomic mass is 10.0. The average Bonchev–Trinajstić information content (AvgIpc) is 3.33. The maximum absolute atomic E-state index is 12.9. The fourth-order valence-electron chi connectivity index (χ4n) is 3.61. The zero-order chi connectivity index (χ0) is 20.7. The largest absolute Gasteiger partial charge is 0.342 e. The molecule has 2 heterocycles. The molecule has 1 amide bonds. The monoisotopic (exact) mass is 400 g/mol. The molecule has 0 unspecified atom stereocenters. The van der Waals surface area contributed by atoms with Crippen molar-refractivity contribution in [2.75, 3.05) is 0 Å². The van der Waals surface area contributed by atoms with E-state index in [0.29, 0.717) is 17.3 Å². The van der Waals surface area contributed by atoms with Crippen LogP contribution in [0.2, 0.25) is 0 Å². The minimum atomic E-state index is -0.210. The van der Waals surface area contributed by atoms with Crippen LogP contribution in [-0.4, -0.2) is 31.1 Å². The highest BCUT2D eigenvalue weighted by Crippen LogP contribution is 2.38. The molecule has 0 bridgehead atoms. The number of para-hydroxylation sites is 2. The number of nitrogens with one attached hydrogen (secondary N) is 3. The number of imidazole rings is 1. The fourth-order valence-corrected chi connectivity index (χ4v) is 3.61. The first-order chi connectivity index (χ1) is 14.6. The molecular formula is C23H24N6O. The number of H-pyrrole nitrogens is 2. The second-order valence-corrected chi connectivity index (χ2v) is 8.23. The molecule has 5 rings (SSSR count). The van der Waals surface area contributed by atoms with Crippen LogP contribution in [0.15, 0.2) is 48.5 Å². The summed E-state index contributed by atoms with van der Waals surface area (Å²) in [6.07, 6.45) is 2.35. The van der Waals surface area contributed by atoms with Crippen molar-refractivity contribution in [3.63, 3.8) is 0 Å². The lowest BCUT2D eigenvalue weighted by Gasteiger charge is -2.20. The number of fused-ring (bicyclic) bond motifs is 1. The SMILES string of the molecule is CC(C)[C@@H](NC(=O)c1ccc(-c2n[nH]c(C3CC3)n2)cc1)c1nc2ccccc2[nH]1. The number of amides is 1. The van der Waals surface area contributed by atoms with E-state index in [1.165, 1.54) is 12.8 Å². The highest BCUT2D eigenvalue weighted by Gasteiger charge is 2.27. The normalized spacial score (nSPS) is 14.9. The molecule has 0 aliphatic heterocycles. The molecule has 0 spiro atoms. The first-order valence-corrected chi connectivity index (χ1v) is 10.4. The Morgan fingerprint density at radius 1 is 1.07 bits per heavy atom. The van der Waals surface area contributed by atoms with Gasteiger partial charge in [-0.2, -0.15) is 5.10 Å². The van der Waals surface area contributed by atoms with Gasteiger partial charge >= 0.3 is 0 Å². The quantitative estimate of drug-likeness (QED) is 0.448. The summed E-state index contributed by atoms with van der Waals surface area (Å²) < 4.78 is 0. The van der Waals surface area contributed by atoms with Crippen LogP contribution < -0.4 is 5.32 Å². The molecule has 4 aromatic rings. The topological polar surface area (TPSA) is 99.3 Å². The predicted molar refractivity (Wildman–Crippen MR) is 115 cm³/mol. The highest BCUT2D eigenvalue weighted by atomic mass is 16.1. The molecule has 1 aliphatic carbocycles. The molecule has 0 saturated heterocycles. The van der Waals surface area contributed by atoms with Crippen LogP contribution in [0, 0.1) is 5.92 Å². The molecule has 152 valence electrons. The van der Waals surface area contributed by atoms with Crippen molar-refractivity contribution in [2.24, 2.45) is 5.92 Å². The van der Waals surface area contributed by atoms with E-state index in [1.807, 2.05) is 48.5 Å². The summed E-state index contributed by atoms with van der Waals surface area (Å²) in [5.74, 6) is 2.98. The number of rotatable bonds is 6. The smallest absolute Gasteiger partial charge is 0.251 e. The van der Waals surface area contributed by atoms with Crippen molar-refractivity contribution in [3.05, 3.63) is 65.7 Å². The van der Waals surface area contributed by atoms with Crippen LogP contribution in [0.3, 0.4) is 0 Å². The van der Waals surface area contributed by atoms with E-state index in [4.69, 9.17) is 0 Å². The Balaban J connectivity index is 1.33. The summed E-state index contributed by atoms with van der Waals surface area (Å²) in [5, 5.41) is 10.5. The number of carbonyl (C=O) groups excluding carboxylic acids is 1. The number of aromatic nitrogens is 5. The molecule has 1 aliphatic rings. The van der Waals surface area contributed by atoms with Gasteiger partial charge in [0.25, 0.3) is 5.91 Å².